The van der Waals surface area contributed by atoms with Crippen LogP contribution in [0.25, 0.3) is 0 Å². The van der Waals surface area contributed by atoms with Crippen molar-refractivity contribution >= 4 is 17.3 Å². The molecule has 0 saturated heterocycles. The van der Waals surface area contributed by atoms with E-state index in [0.717, 1.165) is 30.0 Å². The highest BCUT2D eigenvalue weighted by Gasteiger charge is 2.27. The van der Waals surface area contributed by atoms with Gasteiger partial charge in [0.25, 0.3) is 5.91 Å². The number of fused-ring (bicyclic) bond motifs is 1. The third-order valence-corrected chi connectivity index (χ3v) is 4.49. The molecule has 0 saturated carbocycles. The molecular weight excluding hydrogens is 307 g/mol. The Morgan fingerprint density at radius 2 is 1.92 bits per heavy atom. The highest BCUT2D eigenvalue weighted by molar-refractivity contribution is 6.06. The SMILES string of the molecule is CC(C)c1cc(C(=O)N2CCCN(C)c3cc(F)ccc32)nn1C. The standard InChI is InChI=1S/C18H23FN4O/c1-12(2)16-11-14(20-22(16)4)18(24)23-9-5-8-21(3)17-10-13(19)6-7-15(17)23/h6-7,10-12H,5,8-9H2,1-4H3. The van der Waals surface area contributed by atoms with Gasteiger partial charge in [-0.2, -0.15) is 5.10 Å². The minimum Gasteiger partial charge on any atom is -0.373 e. The first-order valence-corrected chi connectivity index (χ1v) is 8.25. The van der Waals surface area contributed by atoms with Gasteiger partial charge in [-0.25, -0.2) is 4.39 Å². The molecule has 2 aromatic rings. The summed E-state index contributed by atoms with van der Waals surface area (Å²) in [5.41, 5.74) is 2.92. The van der Waals surface area contributed by atoms with Gasteiger partial charge in [0.15, 0.2) is 5.69 Å². The lowest BCUT2D eigenvalue weighted by Gasteiger charge is -2.23. The van der Waals surface area contributed by atoms with Crippen molar-refractivity contribution in [3.05, 3.63) is 41.5 Å². The van der Waals surface area contributed by atoms with E-state index in [1.54, 1.807) is 15.6 Å². The molecule has 128 valence electrons. The number of benzene rings is 1. The normalized spacial score (nSPS) is 14.8. The second-order valence-electron chi connectivity index (χ2n) is 6.60. The predicted molar refractivity (Wildman–Crippen MR) is 93.3 cm³/mol. The molecule has 0 fully saturated rings. The van der Waals surface area contributed by atoms with Crippen LogP contribution in [0.1, 0.15) is 42.4 Å². The molecule has 1 aromatic heterocycles. The molecule has 1 aliphatic heterocycles. The zero-order valence-electron chi connectivity index (χ0n) is 14.6. The maximum atomic E-state index is 13.7. The second kappa shape index (κ2) is 6.26. The van der Waals surface area contributed by atoms with E-state index in [4.69, 9.17) is 0 Å². The quantitative estimate of drug-likeness (QED) is 0.849. The minimum atomic E-state index is -0.296. The molecule has 0 unspecified atom stereocenters. The number of hydrogen-bond acceptors (Lipinski definition) is 3. The van der Waals surface area contributed by atoms with E-state index in [1.807, 2.05) is 25.1 Å². The fourth-order valence-corrected chi connectivity index (χ4v) is 3.21. The van der Waals surface area contributed by atoms with Gasteiger partial charge in [0.1, 0.15) is 5.82 Å². The van der Waals surface area contributed by atoms with Gasteiger partial charge in [-0.15, -0.1) is 0 Å². The van der Waals surface area contributed by atoms with Crippen molar-refractivity contribution in [1.82, 2.24) is 9.78 Å². The molecule has 5 nitrogen and oxygen atoms in total. The van der Waals surface area contributed by atoms with Crippen LogP contribution >= 0.6 is 0 Å². The molecule has 24 heavy (non-hydrogen) atoms. The highest BCUT2D eigenvalue weighted by atomic mass is 19.1. The Labute approximate surface area is 141 Å². The van der Waals surface area contributed by atoms with Gasteiger partial charge in [-0.1, -0.05) is 13.8 Å². The monoisotopic (exact) mass is 330 g/mol. The largest absolute Gasteiger partial charge is 0.373 e. The number of rotatable bonds is 2. The summed E-state index contributed by atoms with van der Waals surface area (Å²) in [6, 6.07) is 6.41. The number of halogens is 1. The summed E-state index contributed by atoms with van der Waals surface area (Å²) in [5, 5.41) is 4.38. The Morgan fingerprint density at radius 1 is 1.17 bits per heavy atom. The van der Waals surface area contributed by atoms with Gasteiger partial charge < -0.3 is 9.80 Å². The summed E-state index contributed by atoms with van der Waals surface area (Å²) in [6.45, 7) is 5.52. The van der Waals surface area contributed by atoms with Crippen LogP contribution in [0.3, 0.4) is 0 Å². The number of carbonyl (C=O) groups excluding carboxylic acids is 1. The number of aromatic nitrogens is 2. The van der Waals surface area contributed by atoms with Crippen LogP contribution in [0.2, 0.25) is 0 Å². The topological polar surface area (TPSA) is 41.4 Å². The van der Waals surface area contributed by atoms with E-state index in [2.05, 4.69) is 18.9 Å². The molecule has 0 atom stereocenters. The highest BCUT2D eigenvalue weighted by Crippen LogP contribution is 2.33. The first kappa shape index (κ1) is 16.5. The average Bonchev–Trinajstić information content (AvgIpc) is 2.85. The van der Waals surface area contributed by atoms with Crippen molar-refractivity contribution in [2.45, 2.75) is 26.2 Å². The third-order valence-electron chi connectivity index (χ3n) is 4.49. The molecule has 1 aromatic carbocycles. The Hall–Kier alpha value is -2.37. The van der Waals surface area contributed by atoms with Crippen LogP contribution in [-0.2, 0) is 7.05 Å². The first-order valence-electron chi connectivity index (χ1n) is 8.25. The zero-order chi connectivity index (χ0) is 17.4. The molecule has 1 aliphatic rings. The lowest BCUT2D eigenvalue weighted by atomic mass is 10.1. The van der Waals surface area contributed by atoms with Crippen molar-refractivity contribution < 1.29 is 9.18 Å². The Bertz CT molecular complexity index is 768. The van der Waals surface area contributed by atoms with Crippen LogP contribution in [0.15, 0.2) is 24.3 Å². The molecular formula is C18H23FN4O. The van der Waals surface area contributed by atoms with E-state index < -0.39 is 0 Å². The van der Waals surface area contributed by atoms with Gasteiger partial charge >= 0.3 is 0 Å². The number of carbonyl (C=O) groups is 1. The van der Waals surface area contributed by atoms with Crippen LogP contribution in [0, 0.1) is 5.82 Å². The van der Waals surface area contributed by atoms with Crippen LogP contribution in [-0.4, -0.2) is 35.8 Å². The molecule has 3 rings (SSSR count). The molecule has 0 N–H and O–H groups in total. The molecule has 0 aliphatic carbocycles. The number of anilines is 2. The van der Waals surface area contributed by atoms with Crippen molar-refractivity contribution in [2.24, 2.45) is 7.05 Å². The lowest BCUT2D eigenvalue weighted by Crippen LogP contribution is -2.32. The number of hydrogen-bond donors (Lipinski definition) is 0. The number of aryl methyl sites for hydroxylation is 1. The maximum Gasteiger partial charge on any atom is 0.278 e. The zero-order valence-corrected chi connectivity index (χ0v) is 14.6. The number of nitrogens with zero attached hydrogens (tertiary/aromatic N) is 4. The van der Waals surface area contributed by atoms with Gasteiger partial charge in [-0.05, 0) is 36.6 Å². The summed E-state index contributed by atoms with van der Waals surface area (Å²) >= 11 is 0. The third kappa shape index (κ3) is 2.88. The Kier molecular flexibility index (Phi) is 4.30. The van der Waals surface area contributed by atoms with Gasteiger partial charge in [0.05, 0.1) is 11.4 Å². The summed E-state index contributed by atoms with van der Waals surface area (Å²) in [5.74, 6) is -0.142. The van der Waals surface area contributed by atoms with Gasteiger partial charge in [0, 0.05) is 32.9 Å². The maximum absolute atomic E-state index is 13.7. The van der Waals surface area contributed by atoms with E-state index >= 15 is 0 Å². The van der Waals surface area contributed by atoms with Crippen molar-refractivity contribution in [3.63, 3.8) is 0 Å². The van der Waals surface area contributed by atoms with E-state index in [9.17, 15) is 9.18 Å². The molecule has 2 heterocycles. The summed E-state index contributed by atoms with van der Waals surface area (Å²) in [6.07, 6.45) is 0.822. The van der Waals surface area contributed by atoms with Crippen molar-refractivity contribution in [2.75, 3.05) is 29.9 Å². The lowest BCUT2D eigenvalue weighted by molar-refractivity contribution is 0.0982. The van der Waals surface area contributed by atoms with Crippen LogP contribution in [0.5, 0.6) is 0 Å². The molecule has 0 bridgehead atoms. The fourth-order valence-electron chi connectivity index (χ4n) is 3.21. The predicted octanol–water partition coefficient (Wildman–Crippen LogP) is 3.17. The minimum absolute atomic E-state index is 0.138. The summed E-state index contributed by atoms with van der Waals surface area (Å²) < 4.78 is 15.4. The van der Waals surface area contributed by atoms with E-state index in [1.165, 1.54) is 12.1 Å². The van der Waals surface area contributed by atoms with Crippen molar-refractivity contribution in [3.8, 4) is 0 Å². The van der Waals surface area contributed by atoms with Gasteiger partial charge in [-0.3, -0.25) is 9.48 Å². The Balaban J connectivity index is 2.01. The molecule has 0 spiro atoms. The van der Waals surface area contributed by atoms with Crippen LogP contribution in [0.4, 0.5) is 15.8 Å². The van der Waals surface area contributed by atoms with Crippen molar-refractivity contribution in [1.29, 1.82) is 0 Å². The molecule has 6 heteroatoms. The Morgan fingerprint density at radius 3 is 2.58 bits per heavy atom. The summed E-state index contributed by atoms with van der Waals surface area (Å²) in [4.78, 5) is 16.7. The molecule has 1 amide bonds. The first-order chi connectivity index (χ1) is 11.4. The second-order valence-corrected chi connectivity index (χ2v) is 6.60. The van der Waals surface area contributed by atoms with Gasteiger partial charge in [0.2, 0.25) is 0 Å². The average molecular weight is 330 g/mol. The fraction of sp³-hybridized carbons (Fsp3) is 0.444. The number of amides is 1. The molecule has 0 radical (unpaired) electrons. The smallest absolute Gasteiger partial charge is 0.278 e. The summed E-state index contributed by atoms with van der Waals surface area (Å²) in [7, 11) is 3.77. The van der Waals surface area contributed by atoms with E-state index in [-0.39, 0.29) is 11.7 Å². The van der Waals surface area contributed by atoms with Crippen LogP contribution < -0.4 is 9.80 Å². The van der Waals surface area contributed by atoms with E-state index in [0.29, 0.717) is 18.2 Å².